The second-order valence-electron chi connectivity index (χ2n) is 5.53. The van der Waals surface area contributed by atoms with Gasteiger partial charge in [-0.15, -0.1) is 0 Å². The van der Waals surface area contributed by atoms with Crippen molar-refractivity contribution in [2.45, 2.75) is 24.8 Å². The molecule has 5 heteroatoms. The molecule has 2 N–H and O–H groups in total. The smallest absolute Gasteiger partial charge is 0.335 e. The van der Waals surface area contributed by atoms with Crippen LogP contribution in [0.2, 0.25) is 0 Å². The van der Waals surface area contributed by atoms with E-state index in [0.29, 0.717) is 11.5 Å². The molecule has 0 bridgehead atoms. The number of hydrogen-bond acceptors (Lipinski definition) is 3. The fraction of sp³-hybridized carbons (Fsp3) is 0.375. The lowest BCUT2D eigenvalue weighted by atomic mass is 9.86. The lowest BCUT2D eigenvalue weighted by molar-refractivity contribution is 0.0697. The molecule has 1 aromatic carbocycles. The van der Waals surface area contributed by atoms with E-state index in [1.54, 1.807) is 12.1 Å². The third-order valence-corrected chi connectivity index (χ3v) is 4.24. The Balaban J connectivity index is 1.77. The number of piperidine rings is 1. The minimum atomic E-state index is -0.883. The zero-order chi connectivity index (χ0) is 14.8. The fourth-order valence-corrected chi connectivity index (χ4v) is 3.08. The van der Waals surface area contributed by atoms with Crippen molar-refractivity contribution in [1.29, 1.82) is 0 Å². The molecular formula is C16H19N3O2. The summed E-state index contributed by atoms with van der Waals surface area (Å²) in [6, 6.07) is 9.52. The second kappa shape index (κ2) is 5.69. The van der Waals surface area contributed by atoms with Gasteiger partial charge < -0.3 is 10.4 Å². The number of hydrogen-bond donors (Lipinski definition) is 2. The number of aromatic nitrogens is 2. The van der Waals surface area contributed by atoms with E-state index in [2.05, 4.69) is 16.5 Å². The van der Waals surface area contributed by atoms with Crippen LogP contribution in [0, 0.1) is 0 Å². The van der Waals surface area contributed by atoms with Crippen molar-refractivity contribution in [1.82, 2.24) is 15.1 Å². The van der Waals surface area contributed by atoms with Crippen molar-refractivity contribution < 1.29 is 9.90 Å². The van der Waals surface area contributed by atoms with E-state index >= 15 is 0 Å². The van der Waals surface area contributed by atoms with Gasteiger partial charge in [-0.3, -0.25) is 4.68 Å². The lowest BCUT2D eigenvalue weighted by Gasteiger charge is -2.30. The average molecular weight is 285 g/mol. The highest BCUT2D eigenvalue weighted by atomic mass is 16.4. The number of aromatic carboxylic acids is 1. The van der Waals surface area contributed by atoms with Crippen LogP contribution in [0.5, 0.6) is 0 Å². The maximum atomic E-state index is 10.9. The summed E-state index contributed by atoms with van der Waals surface area (Å²) >= 11 is 0. The second-order valence-corrected chi connectivity index (χ2v) is 5.53. The predicted octanol–water partition coefficient (Wildman–Crippen LogP) is 2.33. The molecule has 2 atom stereocenters. The van der Waals surface area contributed by atoms with E-state index in [4.69, 9.17) is 5.11 Å². The third kappa shape index (κ3) is 2.83. The van der Waals surface area contributed by atoms with Gasteiger partial charge in [0, 0.05) is 30.9 Å². The lowest BCUT2D eigenvalue weighted by Crippen LogP contribution is -2.31. The van der Waals surface area contributed by atoms with Crippen LogP contribution in [0.1, 0.15) is 46.4 Å². The maximum Gasteiger partial charge on any atom is 0.335 e. The minimum absolute atomic E-state index is 0.265. The Morgan fingerprint density at radius 2 is 2.10 bits per heavy atom. The van der Waals surface area contributed by atoms with Crippen LogP contribution in [0.4, 0.5) is 0 Å². The zero-order valence-electron chi connectivity index (χ0n) is 12.0. The molecule has 3 rings (SSSR count). The summed E-state index contributed by atoms with van der Waals surface area (Å²) in [6.45, 7) is 0.960. The standard InChI is InChI=1S/C16H19N3O2/c1-19-15(7-9-18-19)13-6-8-17-14(10-13)11-2-4-12(5-3-11)16(20)21/h2-5,7,9,13-14,17H,6,8,10H2,1H3,(H,20,21)/t13?,14-/m0/s1. The first-order chi connectivity index (χ1) is 10.1. The number of aryl methyl sites for hydroxylation is 1. The Hall–Kier alpha value is -2.14. The SMILES string of the molecule is Cn1nccc1C1CCN[C@H](c2ccc(C(=O)O)cc2)C1. The third-order valence-electron chi connectivity index (χ3n) is 4.24. The Morgan fingerprint density at radius 3 is 2.71 bits per heavy atom. The van der Waals surface area contributed by atoms with Gasteiger partial charge in [-0.2, -0.15) is 5.10 Å². The van der Waals surface area contributed by atoms with Crippen molar-refractivity contribution in [3.8, 4) is 0 Å². The number of carboxylic acid groups (broad SMARTS) is 1. The molecule has 5 nitrogen and oxygen atoms in total. The summed E-state index contributed by atoms with van der Waals surface area (Å²) in [5.74, 6) is -0.395. The zero-order valence-corrected chi connectivity index (χ0v) is 12.0. The molecule has 0 amide bonds. The van der Waals surface area contributed by atoms with Crippen molar-refractivity contribution in [3.05, 3.63) is 53.3 Å². The number of rotatable bonds is 3. The van der Waals surface area contributed by atoms with E-state index in [1.807, 2.05) is 30.1 Å². The van der Waals surface area contributed by atoms with Crippen LogP contribution < -0.4 is 5.32 Å². The Bertz CT molecular complexity index is 633. The largest absolute Gasteiger partial charge is 0.478 e. The number of benzene rings is 1. The Morgan fingerprint density at radius 1 is 1.33 bits per heavy atom. The van der Waals surface area contributed by atoms with Crippen LogP contribution >= 0.6 is 0 Å². The van der Waals surface area contributed by atoms with Crippen LogP contribution in [0.15, 0.2) is 36.5 Å². The van der Waals surface area contributed by atoms with E-state index in [0.717, 1.165) is 24.9 Å². The first kappa shape index (κ1) is 13.8. The van der Waals surface area contributed by atoms with Crippen molar-refractivity contribution in [3.63, 3.8) is 0 Å². The normalized spacial score (nSPS) is 22.1. The molecule has 1 aliphatic rings. The van der Waals surface area contributed by atoms with Crippen LogP contribution in [0.25, 0.3) is 0 Å². The molecule has 0 spiro atoms. The van der Waals surface area contributed by atoms with Gasteiger partial charge in [-0.1, -0.05) is 12.1 Å². The summed E-state index contributed by atoms with van der Waals surface area (Å²) in [4.78, 5) is 10.9. The summed E-state index contributed by atoms with van der Waals surface area (Å²) in [5.41, 5.74) is 2.74. The predicted molar refractivity (Wildman–Crippen MR) is 79.3 cm³/mol. The molecule has 2 aromatic rings. The van der Waals surface area contributed by atoms with E-state index in [1.165, 1.54) is 5.69 Å². The molecule has 2 heterocycles. The monoisotopic (exact) mass is 285 g/mol. The first-order valence-electron chi connectivity index (χ1n) is 7.19. The molecule has 1 fully saturated rings. The summed E-state index contributed by atoms with van der Waals surface area (Å²) in [6.07, 6.45) is 3.95. The molecule has 0 aliphatic carbocycles. The molecule has 1 aliphatic heterocycles. The Labute approximate surface area is 123 Å². The van der Waals surface area contributed by atoms with Crippen LogP contribution in [0.3, 0.4) is 0 Å². The Kier molecular flexibility index (Phi) is 3.75. The number of carbonyl (C=O) groups is 1. The molecule has 0 radical (unpaired) electrons. The van der Waals surface area contributed by atoms with Crippen LogP contribution in [-0.4, -0.2) is 27.4 Å². The molecule has 110 valence electrons. The van der Waals surface area contributed by atoms with E-state index in [-0.39, 0.29) is 6.04 Å². The average Bonchev–Trinajstić information content (AvgIpc) is 2.94. The van der Waals surface area contributed by atoms with Crippen LogP contribution in [-0.2, 0) is 7.05 Å². The molecular weight excluding hydrogens is 266 g/mol. The molecule has 21 heavy (non-hydrogen) atoms. The van der Waals surface area contributed by atoms with Gasteiger partial charge in [0.1, 0.15) is 0 Å². The van der Waals surface area contributed by atoms with Crippen molar-refractivity contribution in [2.75, 3.05) is 6.54 Å². The van der Waals surface area contributed by atoms with Crippen molar-refractivity contribution >= 4 is 5.97 Å². The molecule has 1 aromatic heterocycles. The van der Waals surface area contributed by atoms with Gasteiger partial charge in [0.2, 0.25) is 0 Å². The first-order valence-corrected chi connectivity index (χ1v) is 7.19. The summed E-state index contributed by atoms with van der Waals surface area (Å²) < 4.78 is 1.95. The molecule has 0 saturated carbocycles. The highest BCUT2D eigenvalue weighted by Crippen LogP contribution is 2.33. The van der Waals surface area contributed by atoms with E-state index < -0.39 is 5.97 Å². The van der Waals surface area contributed by atoms with Gasteiger partial charge >= 0.3 is 5.97 Å². The quantitative estimate of drug-likeness (QED) is 0.908. The number of carboxylic acids is 1. The molecule has 1 saturated heterocycles. The maximum absolute atomic E-state index is 10.9. The minimum Gasteiger partial charge on any atom is -0.478 e. The highest BCUT2D eigenvalue weighted by molar-refractivity contribution is 5.87. The van der Waals surface area contributed by atoms with E-state index in [9.17, 15) is 4.79 Å². The summed E-state index contributed by atoms with van der Waals surface area (Å²) in [5, 5.41) is 16.7. The topological polar surface area (TPSA) is 67.2 Å². The van der Waals surface area contributed by atoms with Gasteiger partial charge in [0.25, 0.3) is 0 Å². The number of nitrogens with zero attached hydrogens (tertiary/aromatic N) is 2. The van der Waals surface area contributed by atoms with Gasteiger partial charge in [-0.05, 0) is 43.1 Å². The van der Waals surface area contributed by atoms with Crippen molar-refractivity contribution in [2.24, 2.45) is 7.05 Å². The summed E-state index contributed by atoms with van der Waals surface area (Å²) in [7, 11) is 1.98. The fourth-order valence-electron chi connectivity index (χ4n) is 3.08. The number of nitrogens with one attached hydrogen (secondary N) is 1. The highest BCUT2D eigenvalue weighted by Gasteiger charge is 2.25. The van der Waals surface area contributed by atoms with Gasteiger partial charge in [0.15, 0.2) is 0 Å². The van der Waals surface area contributed by atoms with Gasteiger partial charge in [-0.25, -0.2) is 4.79 Å². The van der Waals surface area contributed by atoms with Gasteiger partial charge in [0.05, 0.1) is 5.56 Å². The molecule has 1 unspecified atom stereocenters.